The van der Waals surface area contributed by atoms with Gasteiger partial charge in [-0.2, -0.15) is 0 Å². The van der Waals surface area contributed by atoms with Gasteiger partial charge in [-0.25, -0.2) is 0 Å². The highest BCUT2D eigenvalue weighted by molar-refractivity contribution is 5.08. The Labute approximate surface area is 116 Å². The van der Waals surface area contributed by atoms with Crippen LogP contribution in [0.4, 0.5) is 0 Å². The highest BCUT2D eigenvalue weighted by atomic mass is 16.3. The van der Waals surface area contributed by atoms with E-state index in [1.54, 1.807) is 0 Å². The van der Waals surface area contributed by atoms with E-state index in [1.807, 2.05) is 0 Å². The van der Waals surface area contributed by atoms with Crippen LogP contribution >= 0.6 is 0 Å². The lowest BCUT2D eigenvalue weighted by Gasteiger charge is -2.57. The van der Waals surface area contributed by atoms with Crippen LogP contribution in [0.25, 0.3) is 0 Å². The first-order valence-electron chi connectivity index (χ1n) is 7.90. The third kappa shape index (κ3) is 1.74. The Balaban J connectivity index is 1.90. The number of hydrogen-bond donors (Lipinski definition) is 3. The second-order valence-electron chi connectivity index (χ2n) is 7.77. The first-order chi connectivity index (χ1) is 8.93. The topological polar surface area (TPSA) is 60.7 Å². The summed E-state index contributed by atoms with van der Waals surface area (Å²) in [5.41, 5.74) is -0.252. The summed E-state index contributed by atoms with van der Waals surface area (Å²) >= 11 is 0. The summed E-state index contributed by atoms with van der Waals surface area (Å²) < 4.78 is 0. The Morgan fingerprint density at radius 2 is 1.58 bits per heavy atom. The fourth-order valence-electron chi connectivity index (χ4n) is 5.63. The van der Waals surface area contributed by atoms with Crippen molar-refractivity contribution in [1.29, 1.82) is 0 Å². The zero-order valence-electron chi connectivity index (χ0n) is 12.2. The predicted molar refractivity (Wildman–Crippen MR) is 73.5 cm³/mol. The molecule has 19 heavy (non-hydrogen) atoms. The van der Waals surface area contributed by atoms with Gasteiger partial charge in [-0.15, -0.1) is 0 Å². The van der Waals surface area contributed by atoms with Crippen molar-refractivity contribution in [2.45, 2.75) is 64.6 Å². The van der Waals surface area contributed by atoms with Gasteiger partial charge in [0.15, 0.2) is 0 Å². The number of hydrogen-bond acceptors (Lipinski definition) is 3. The molecule has 0 heterocycles. The Bertz CT molecular complexity index is 358. The van der Waals surface area contributed by atoms with Crippen LogP contribution in [0.3, 0.4) is 0 Å². The first kappa shape index (κ1) is 13.8. The van der Waals surface area contributed by atoms with Crippen LogP contribution in [-0.2, 0) is 0 Å². The van der Waals surface area contributed by atoms with Gasteiger partial charge in [-0.1, -0.05) is 13.8 Å². The highest BCUT2D eigenvalue weighted by Gasteiger charge is 2.59. The van der Waals surface area contributed by atoms with Gasteiger partial charge in [0.1, 0.15) is 0 Å². The summed E-state index contributed by atoms with van der Waals surface area (Å²) in [5.74, 6) is 1.58. The number of rotatable bonds is 1. The van der Waals surface area contributed by atoms with E-state index < -0.39 is 0 Å². The second kappa shape index (κ2) is 4.44. The molecule has 3 nitrogen and oxygen atoms in total. The molecule has 7 unspecified atom stereocenters. The molecule has 3 aliphatic carbocycles. The van der Waals surface area contributed by atoms with E-state index in [4.69, 9.17) is 0 Å². The molecule has 3 aliphatic rings. The molecule has 3 fully saturated rings. The van der Waals surface area contributed by atoms with Crippen LogP contribution < -0.4 is 0 Å². The lowest BCUT2D eigenvalue weighted by Crippen LogP contribution is -2.55. The van der Waals surface area contributed by atoms with Crippen molar-refractivity contribution in [3.05, 3.63) is 0 Å². The van der Waals surface area contributed by atoms with Gasteiger partial charge in [-0.3, -0.25) is 0 Å². The Morgan fingerprint density at radius 3 is 2.26 bits per heavy atom. The van der Waals surface area contributed by atoms with E-state index in [1.165, 1.54) is 0 Å². The van der Waals surface area contributed by atoms with Crippen LogP contribution in [0.5, 0.6) is 0 Å². The van der Waals surface area contributed by atoms with Crippen molar-refractivity contribution in [1.82, 2.24) is 0 Å². The fourth-order valence-corrected chi connectivity index (χ4v) is 5.63. The molecule has 0 radical (unpaired) electrons. The molecule has 0 bridgehead atoms. The second-order valence-corrected chi connectivity index (χ2v) is 7.77. The molecule has 3 rings (SSSR count). The Hall–Kier alpha value is -0.120. The van der Waals surface area contributed by atoms with Crippen LogP contribution in [-0.4, -0.2) is 34.1 Å². The molecule has 0 aromatic carbocycles. The third-order valence-electron chi connectivity index (χ3n) is 7.11. The largest absolute Gasteiger partial charge is 0.396 e. The average Bonchev–Trinajstić information content (AvgIpc) is 2.70. The van der Waals surface area contributed by atoms with Gasteiger partial charge in [-0.05, 0) is 61.7 Å². The maximum Gasteiger partial charge on any atom is 0.0618 e. The minimum absolute atomic E-state index is 0.0832. The molecule has 3 saturated carbocycles. The Kier molecular flexibility index (Phi) is 3.23. The molecule has 0 aromatic rings. The van der Waals surface area contributed by atoms with Crippen molar-refractivity contribution in [2.24, 2.45) is 28.6 Å². The van der Waals surface area contributed by atoms with E-state index in [9.17, 15) is 15.3 Å². The van der Waals surface area contributed by atoms with Crippen LogP contribution in [0, 0.1) is 28.6 Å². The molecule has 0 aliphatic heterocycles. The third-order valence-corrected chi connectivity index (χ3v) is 7.11. The molecule has 3 N–H and O–H groups in total. The molecule has 0 aromatic heterocycles. The molecule has 7 atom stereocenters. The van der Waals surface area contributed by atoms with Crippen molar-refractivity contribution < 1.29 is 15.3 Å². The monoisotopic (exact) mass is 268 g/mol. The fraction of sp³-hybridized carbons (Fsp3) is 1.00. The lowest BCUT2D eigenvalue weighted by molar-refractivity contribution is -0.149. The molecule has 0 saturated heterocycles. The zero-order chi connectivity index (χ0) is 13.8. The molecular formula is C16H28O3. The van der Waals surface area contributed by atoms with Crippen molar-refractivity contribution in [3.8, 4) is 0 Å². The Morgan fingerprint density at radius 1 is 0.895 bits per heavy atom. The van der Waals surface area contributed by atoms with Crippen molar-refractivity contribution >= 4 is 0 Å². The normalized spacial score (nSPS) is 57.6. The maximum atomic E-state index is 10.3. The first-order valence-corrected chi connectivity index (χ1v) is 7.90. The summed E-state index contributed by atoms with van der Waals surface area (Å²) in [5, 5.41) is 30.4. The quantitative estimate of drug-likeness (QED) is 0.681. The summed E-state index contributed by atoms with van der Waals surface area (Å²) in [6, 6.07) is 0. The molecular weight excluding hydrogens is 240 g/mol. The summed E-state index contributed by atoms with van der Waals surface area (Å²) in [4.78, 5) is 0. The molecule has 0 amide bonds. The van der Waals surface area contributed by atoms with Gasteiger partial charge in [0.25, 0.3) is 0 Å². The van der Waals surface area contributed by atoms with E-state index >= 15 is 0 Å². The lowest BCUT2D eigenvalue weighted by atomic mass is 9.49. The van der Waals surface area contributed by atoms with Gasteiger partial charge in [0, 0.05) is 5.41 Å². The molecule has 3 heteroatoms. The van der Waals surface area contributed by atoms with E-state index in [-0.39, 0.29) is 29.6 Å². The van der Waals surface area contributed by atoms with Gasteiger partial charge >= 0.3 is 0 Å². The summed E-state index contributed by atoms with van der Waals surface area (Å²) in [7, 11) is 0. The summed E-state index contributed by atoms with van der Waals surface area (Å²) in [6.07, 6.45) is 5.50. The minimum atomic E-state index is -0.366. The number of aliphatic hydroxyl groups is 3. The van der Waals surface area contributed by atoms with Gasteiger partial charge in [0.2, 0.25) is 0 Å². The smallest absolute Gasteiger partial charge is 0.0618 e. The number of fused-ring (bicyclic) bond motifs is 3. The van der Waals surface area contributed by atoms with Crippen LogP contribution in [0.2, 0.25) is 0 Å². The zero-order valence-corrected chi connectivity index (χ0v) is 12.2. The maximum absolute atomic E-state index is 10.3. The SMILES string of the molecule is CC1(CO)C(O)CCC2C1CCC1(C)C(O)CCC21. The average molecular weight is 268 g/mol. The van der Waals surface area contributed by atoms with Crippen molar-refractivity contribution in [3.63, 3.8) is 0 Å². The van der Waals surface area contributed by atoms with Gasteiger partial charge in [0.05, 0.1) is 18.8 Å². The number of aliphatic hydroxyl groups excluding tert-OH is 3. The van der Waals surface area contributed by atoms with Gasteiger partial charge < -0.3 is 15.3 Å². The van der Waals surface area contributed by atoms with Crippen LogP contribution in [0.15, 0.2) is 0 Å². The molecule has 0 spiro atoms. The van der Waals surface area contributed by atoms with E-state index in [2.05, 4.69) is 13.8 Å². The standard InChI is InChI=1S/C16H28O3/c1-15-8-7-12-10(11(15)4-6-13(15)18)3-5-14(19)16(12,2)9-17/h10-14,17-19H,3-9H2,1-2H3. The molecule has 110 valence electrons. The van der Waals surface area contributed by atoms with E-state index in [0.717, 1.165) is 38.5 Å². The summed E-state index contributed by atoms with van der Waals surface area (Å²) in [6.45, 7) is 4.40. The van der Waals surface area contributed by atoms with Crippen LogP contribution in [0.1, 0.15) is 52.4 Å². The van der Waals surface area contributed by atoms with E-state index in [0.29, 0.717) is 17.8 Å². The highest BCUT2D eigenvalue weighted by Crippen LogP contribution is 2.62. The van der Waals surface area contributed by atoms with Crippen molar-refractivity contribution in [2.75, 3.05) is 6.61 Å². The predicted octanol–water partition coefficient (Wildman–Crippen LogP) is 1.94. The minimum Gasteiger partial charge on any atom is -0.396 e.